The van der Waals surface area contributed by atoms with Crippen molar-refractivity contribution >= 4 is 33.2 Å². The number of alkyl halides is 1. The lowest BCUT2D eigenvalue weighted by Gasteiger charge is -2.28. The number of thiazole rings is 1. The summed E-state index contributed by atoms with van der Waals surface area (Å²) in [6.45, 7) is 3.10. The minimum atomic E-state index is 0.318. The van der Waals surface area contributed by atoms with E-state index >= 15 is 0 Å². The van der Waals surface area contributed by atoms with E-state index in [-0.39, 0.29) is 0 Å². The third kappa shape index (κ3) is 2.62. The van der Waals surface area contributed by atoms with Crippen LogP contribution in [0.1, 0.15) is 17.8 Å². The van der Waals surface area contributed by atoms with E-state index in [1.165, 1.54) is 16.1 Å². The normalized spacial score (nSPS) is 22.1. The largest absolute Gasteiger partial charge is 0.295 e. The van der Waals surface area contributed by atoms with Crippen molar-refractivity contribution in [1.82, 2.24) is 9.88 Å². The zero-order chi connectivity index (χ0) is 11.7. The van der Waals surface area contributed by atoms with E-state index in [4.69, 9.17) is 11.6 Å². The summed E-state index contributed by atoms with van der Waals surface area (Å²) in [6.07, 6.45) is 2.36. The quantitative estimate of drug-likeness (QED) is 0.774. The molecule has 0 aliphatic carbocycles. The molecule has 1 unspecified atom stereocenters. The topological polar surface area (TPSA) is 16.1 Å². The molecule has 1 fully saturated rings. The van der Waals surface area contributed by atoms with Crippen LogP contribution >= 0.6 is 22.9 Å². The average molecular weight is 267 g/mol. The predicted molar refractivity (Wildman–Crippen MR) is 73.8 cm³/mol. The van der Waals surface area contributed by atoms with Gasteiger partial charge in [-0.15, -0.1) is 22.9 Å². The van der Waals surface area contributed by atoms with Crippen LogP contribution in [0.5, 0.6) is 0 Å². The van der Waals surface area contributed by atoms with Crippen molar-refractivity contribution in [3.05, 3.63) is 29.3 Å². The highest BCUT2D eigenvalue weighted by Crippen LogP contribution is 2.24. The van der Waals surface area contributed by atoms with E-state index < -0.39 is 0 Å². The number of fused-ring (bicyclic) bond motifs is 1. The Morgan fingerprint density at radius 1 is 1.41 bits per heavy atom. The molecule has 1 aromatic carbocycles. The van der Waals surface area contributed by atoms with Gasteiger partial charge in [-0.05, 0) is 31.5 Å². The molecule has 2 aromatic rings. The smallest absolute Gasteiger partial charge is 0.108 e. The first-order valence-electron chi connectivity index (χ1n) is 6.02. The second-order valence-corrected chi connectivity index (χ2v) is 6.28. The first kappa shape index (κ1) is 11.5. The molecule has 0 saturated carbocycles. The summed E-state index contributed by atoms with van der Waals surface area (Å²) < 4.78 is 1.28. The van der Waals surface area contributed by atoms with Gasteiger partial charge in [0.2, 0.25) is 0 Å². The van der Waals surface area contributed by atoms with Gasteiger partial charge in [0.15, 0.2) is 0 Å². The maximum Gasteiger partial charge on any atom is 0.108 e. The van der Waals surface area contributed by atoms with Gasteiger partial charge in [0.25, 0.3) is 0 Å². The number of halogens is 1. The van der Waals surface area contributed by atoms with Gasteiger partial charge in [0.05, 0.1) is 16.8 Å². The molecule has 0 spiro atoms. The lowest BCUT2D eigenvalue weighted by atomic mass is 10.1. The number of rotatable bonds is 2. The molecule has 1 aromatic heterocycles. The van der Waals surface area contributed by atoms with E-state index in [9.17, 15) is 0 Å². The standard InChI is InChI=1S/C13H15ClN2S/c14-10-4-3-7-16(8-10)9-13-15-11-5-1-2-6-12(11)17-13/h1-2,5-6,10H,3-4,7-9H2. The maximum atomic E-state index is 6.20. The first-order chi connectivity index (χ1) is 8.31. The van der Waals surface area contributed by atoms with E-state index in [1.54, 1.807) is 11.3 Å². The fourth-order valence-electron chi connectivity index (χ4n) is 2.32. The highest BCUT2D eigenvalue weighted by atomic mass is 35.5. The zero-order valence-electron chi connectivity index (χ0n) is 9.60. The number of para-hydroxylation sites is 1. The Balaban J connectivity index is 1.75. The minimum Gasteiger partial charge on any atom is -0.295 e. The average Bonchev–Trinajstić information content (AvgIpc) is 2.71. The lowest BCUT2D eigenvalue weighted by Crippen LogP contribution is -2.35. The number of likely N-dealkylation sites (tertiary alicyclic amines) is 1. The third-order valence-electron chi connectivity index (χ3n) is 3.15. The molecule has 0 radical (unpaired) electrons. The fourth-order valence-corrected chi connectivity index (χ4v) is 3.68. The molecule has 2 nitrogen and oxygen atoms in total. The lowest BCUT2D eigenvalue weighted by molar-refractivity contribution is 0.224. The van der Waals surface area contributed by atoms with E-state index in [0.717, 1.165) is 31.6 Å². The number of nitrogens with zero attached hydrogens (tertiary/aromatic N) is 2. The summed E-state index contributed by atoms with van der Waals surface area (Å²) in [5.41, 5.74) is 1.12. The fraction of sp³-hybridized carbons (Fsp3) is 0.462. The summed E-state index contributed by atoms with van der Waals surface area (Å²) in [5, 5.41) is 1.52. The molecule has 1 saturated heterocycles. The van der Waals surface area contributed by atoms with Crippen molar-refractivity contribution in [2.24, 2.45) is 0 Å². The Labute approximate surface area is 110 Å². The number of benzene rings is 1. The van der Waals surface area contributed by atoms with Crippen molar-refractivity contribution in [2.75, 3.05) is 13.1 Å². The maximum absolute atomic E-state index is 6.20. The van der Waals surface area contributed by atoms with E-state index in [2.05, 4.69) is 28.1 Å². The Morgan fingerprint density at radius 3 is 3.12 bits per heavy atom. The van der Waals surface area contributed by atoms with Crippen LogP contribution in [0.15, 0.2) is 24.3 Å². The molecule has 0 N–H and O–H groups in total. The molecule has 4 heteroatoms. The summed E-state index contributed by atoms with van der Waals surface area (Å²) in [6, 6.07) is 8.33. The van der Waals surface area contributed by atoms with Gasteiger partial charge in [0, 0.05) is 11.9 Å². The Morgan fingerprint density at radius 2 is 2.29 bits per heavy atom. The summed E-state index contributed by atoms with van der Waals surface area (Å²) >= 11 is 7.99. The highest BCUT2D eigenvalue weighted by molar-refractivity contribution is 7.18. The molecule has 3 rings (SSSR count). The van der Waals surface area contributed by atoms with Crippen molar-refractivity contribution in [1.29, 1.82) is 0 Å². The van der Waals surface area contributed by atoms with Crippen LogP contribution in [0.3, 0.4) is 0 Å². The number of hydrogen-bond acceptors (Lipinski definition) is 3. The minimum absolute atomic E-state index is 0.318. The summed E-state index contributed by atoms with van der Waals surface area (Å²) in [7, 11) is 0. The molecule has 2 heterocycles. The summed E-state index contributed by atoms with van der Waals surface area (Å²) in [5.74, 6) is 0. The van der Waals surface area contributed by atoms with Crippen molar-refractivity contribution in [3.63, 3.8) is 0 Å². The molecule has 1 aliphatic rings. The number of hydrogen-bond donors (Lipinski definition) is 0. The van der Waals surface area contributed by atoms with Gasteiger partial charge >= 0.3 is 0 Å². The van der Waals surface area contributed by atoms with Crippen LogP contribution in [0.4, 0.5) is 0 Å². The van der Waals surface area contributed by atoms with Gasteiger partial charge in [-0.1, -0.05) is 12.1 Å². The molecule has 1 atom stereocenters. The Hall–Kier alpha value is -0.640. The first-order valence-corrected chi connectivity index (χ1v) is 7.27. The monoisotopic (exact) mass is 266 g/mol. The van der Waals surface area contributed by atoms with Crippen molar-refractivity contribution in [2.45, 2.75) is 24.8 Å². The Bertz CT molecular complexity index is 478. The molecular weight excluding hydrogens is 252 g/mol. The van der Waals surface area contributed by atoms with Crippen LogP contribution in [0.25, 0.3) is 10.2 Å². The van der Waals surface area contributed by atoms with Gasteiger partial charge in [-0.2, -0.15) is 0 Å². The predicted octanol–water partition coefficient (Wildman–Crippen LogP) is 3.50. The highest BCUT2D eigenvalue weighted by Gasteiger charge is 2.18. The molecule has 17 heavy (non-hydrogen) atoms. The van der Waals surface area contributed by atoms with Crippen LogP contribution in [0, 0.1) is 0 Å². The molecule has 90 valence electrons. The second-order valence-electron chi connectivity index (χ2n) is 4.55. The third-order valence-corrected chi connectivity index (χ3v) is 4.52. The SMILES string of the molecule is ClC1CCCN(Cc2nc3ccccc3s2)C1. The van der Waals surface area contributed by atoms with Crippen molar-refractivity contribution in [3.8, 4) is 0 Å². The number of aromatic nitrogens is 1. The molecule has 1 aliphatic heterocycles. The van der Waals surface area contributed by atoms with Gasteiger partial charge in [-0.3, -0.25) is 4.90 Å². The van der Waals surface area contributed by atoms with E-state index in [0.29, 0.717) is 5.38 Å². The molecule has 0 amide bonds. The van der Waals surface area contributed by atoms with Crippen molar-refractivity contribution < 1.29 is 0 Å². The van der Waals surface area contributed by atoms with Gasteiger partial charge < -0.3 is 0 Å². The zero-order valence-corrected chi connectivity index (χ0v) is 11.2. The van der Waals surface area contributed by atoms with E-state index in [1.807, 2.05) is 6.07 Å². The number of piperidine rings is 1. The van der Waals surface area contributed by atoms with Crippen LogP contribution in [0.2, 0.25) is 0 Å². The Kier molecular flexibility index (Phi) is 3.32. The summed E-state index contributed by atoms with van der Waals surface area (Å²) in [4.78, 5) is 7.08. The molecular formula is C13H15ClN2S. The van der Waals surface area contributed by atoms with Gasteiger partial charge in [-0.25, -0.2) is 4.98 Å². The second kappa shape index (κ2) is 4.92. The van der Waals surface area contributed by atoms with Crippen LogP contribution < -0.4 is 0 Å². The van der Waals surface area contributed by atoms with Crippen LogP contribution in [-0.2, 0) is 6.54 Å². The van der Waals surface area contributed by atoms with Gasteiger partial charge in [0.1, 0.15) is 5.01 Å². The molecule has 0 bridgehead atoms. The van der Waals surface area contributed by atoms with Crippen LogP contribution in [-0.4, -0.2) is 28.4 Å².